The summed E-state index contributed by atoms with van der Waals surface area (Å²) >= 11 is 0. The van der Waals surface area contributed by atoms with Gasteiger partial charge in [0.2, 0.25) is 0 Å². The zero-order valence-corrected chi connectivity index (χ0v) is 19.7. The van der Waals surface area contributed by atoms with E-state index < -0.39 is 17.2 Å². The van der Waals surface area contributed by atoms with Gasteiger partial charge in [-0.2, -0.15) is 5.10 Å². The summed E-state index contributed by atoms with van der Waals surface area (Å²) in [5.41, 5.74) is -0.955. The summed E-state index contributed by atoms with van der Waals surface area (Å²) in [7, 11) is 3.54. The van der Waals surface area contributed by atoms with Crippen LogP contribution >= 0.6 is 24.0 Å². The molecule has 0 bridgehead atoms. The molecule has 0 radical (unpaired) electrons. The van der Waals surface area contributed by atoms with Crippen molar-refractivity contribution in [2.75, 3.05) is 13.6 Å². The molecule has 1 aromatic rings. The molecule has 1 rings (SSSR count). The van der Waals surface area contributed by atoms with E-state index in [1.54, 1.807) is 11.7 Å². The van der Waals surface area contributed by atoms with Crippen LogP contribution < -0.4 is 16.0 Å². The largest absolute Gasteiger partial charge is 0.444 e. The van der Waals surface area contributed by atoms with Crippen LogP contribution in [0.4, 0.5) is 4.79 Å². The number of carbonyl (C=O) groups excluding carboxylic acids is 1. The van der Waals surface area contributed by atoms with Crippen molar-refractivity contribution < 1.29 is 9.53 Å². The van der Waals surface area contributed by atoms with Crippen LogP contribution in [0, 0.1) is 0 Å². The first kappa shape index (κ1) is 25.4. The molecule has 0 aromatic carbocycles. The second kappa shape index (κ2) is 11.3. The highest BCUT2D eigenvalue weighted by atomic mass is 127. The molecule has 0 saturated heterocycles. The second-order valence-corrected chi connectivity index (χ2v) is 7.19. The highest BCUT2D eigenvalue weighted by molar-refractivity contribution is 14.0. The first-order valence-electron chi connectivity index (χ1n) is 8.93. The lowest BCUT2D eigenvalue weighted by molar-refractivity contribution is 0.0448. The number of carbonyl (C=O) groups is 1. The number of hydrogen-bond acceptors (Lipinski definition) is 5. The molecule has 3 N–H and O–H groups in total. The van der Waals surface area contributed by atoms with Crippen molar-refractivity contribution in [3.8, 4) is 0 Å². The highest BCUT2D eigenvalue weighted by Gasteiger charge is 2.30. The Morgan fingerprint density at radius 3 is 2.33 bits per heavy atom. The molecular formula is C17H34IN7O2. The number of rotatable bonds is 7. The third kappa shape index (κ3) is 8.76. The van der Waals surface area contributed by atoms with Crippen molar-refractivity contribution in [1.29, 1.82) is 0 Å². The number of alkyl carbamates (subject to hydrolysis) is 1. The summed E-state index contributed by atoms with van der Waals surface area (Å²) in [5.74, 6) is 1.43. The van der Waals surface area contributed by atoms with E-state index in [1.807, 2.05) is 41.7 Å². The Morgan fingerprint density at radius 2 is 1.89 bits per heavy atom. The standard InChI is InChI=1S/C17H33N7O2.HI/c1-8-17(9-2,23-15(25)26-16(3,4)5)11-20-14(18-6)19-10-13-21-12-22-24(13)7;/h12H,8-11H2,1-7H3,(H,23,25)(H2,18,19,20);1H. The van der Waals surface area contributed by atoms with Gasteiger partial charge in [-0.25, -0.2) is 9.78 Å². The Kier molecular flexibility index (Phi) is 10.6. The number of ether oxygens (including phenoxy) is 1. The molecule has 0 aliphatic heterocycles. The normalized spacial score (nSPS) is 12.2. The lowest BCUT2D eigenvalue weighted by Gasteiger charge is -2.34. The van der Waals surface area contributed by atoms with Crippen molar-refractivity contribution >= 4 is 36.0 Å². The predicted octanol–water partition coefficient (Wildman–Crippen LogP) is 2.18. The van der Waals surface area contributed by atoms with E-state index in [9.17, 15) is 4.79 Å². The maximum absolute atomic E-state index is 12.2. The minimum atomic E-state index is -0.529. The molecule has 0 atom stereocenters. The fourth-order valence-corrected chi connectivity index (χ4v) is 2.36. The number of guanidine groups is 1. The minimum Gasteiger partial charge on any atom is -0.444 e. The molecule has 0 aliphatic carbocycles. The predicted molar refractivity (Wildman–Crippen MR) is 117 cm³/mol. The van der Waals surface area contributed by atoms with Crippen LogP contribution in [0.2, 0.25) is 0 Å². The average Bonchev–Trinajstić information content (AvgIpc) is 2.97. The topological polar surface area (TPSA) is 105 Å². The first-order chi connectivity index (χ1) is 12.1. The van der Waals surface area contributed by atoms with Crippen molar-refractivity contribution in [1.82, 2.24) is 30.7 Å². The van der Waals surface area contributed by atoms with Gasteiger partial charge >= 0.3 is 6.09 Å². The fourth-order valence-electron chi connectivity index (χ4n) is 2.36. The maximum atomic E-state index is 12.2. The molecule has 156 valence electrons. The highest BCUT2D eigenvalue weighted by Crippen LogP contribution is 2.16. The van der Waals surface area contributed by atoms with E-state index in [0.29, 0.717) is 19.0 Å². The number of halogens is 1. The van der Waals surface area contributed by atoms with Crippen LogP contribution in [0.15, 0.2) is 11.3 Å². The van der Waals surface area contributed by atoms with E-state index in [0.717, 1.165) is 18.7 Å². The van der Waals surface area contributed by atoms with Crippen LogP contribution in [0.3, 0.4) is 0 Å². The Balaban J connectivity index is 0.00000676. The van der Waals surface area contributed by atoms with Crippen LogP contribution in [0.25, 0.3) is 0 Å². The molecular weight excluding hydrogens is 461 g/mol. The molecule has 9 nitrogen and oxygen atoms in total. The summed E-state index contributed by atoms with van der Waals surface area (Å²) in [6, 6.07) is 0. The van der Waals surface area contributed by atoms with E-state index in [1.165, 1.54) is 6.33 Å². The van der Waals surface area contributed by atoms with Gasteiger partial charge in [-0.15, -0.1) is 24.0 Å². The van der Waals surface area contributed by atoms with Gasteiger partial charge in [0.1, 0.15) is 17.8 Å². The fraction of sp³-hybridized carbons (Fsp3) is 0.765. The number of aliphatic imine (C=N–C) groups is 1. The molecule has 0 aliphatic rings. The molecule has 0 saturated carbocycles. The Morgan fingerprint density at radius 1 is 1.26 bits per heavy atom. The molecule has 0 spiro atoms. The van der Waals surface area contributed by atoms with Gasteiger partial charge in [-0.1, -0.05) is 13.8 Å². The van der Waals surface area contributed by atoms with Crippen molar-refractivity contribution in [2.45, 2.75) is 65.1 Å². The summed E-state index contributed by atoms with van der Waals surface area (Å²) in [4.78, 5) is 20.6. The Labute approximate surface area is 179 Å². The third-order valence-corrected chi connectivity index (χ3v) is 4.16. The average molecular weight is 495 g/mol. The summed E-state index contributed by atoms with van der Waals surface area (Å²) in [5, 5.41) is 13.5. The van der Waals surface area contributed by atoms with Crippen LogP contribution in [0.5, 0.6) is 0 Å². The van der Waals surface area contributed by atoms with E-state index in [-0.39, 0.29) is 24.0 Å². The molecule has 1 heterocycles. The number of aromatic nitrogens is 3. The molecule has 0 fully saturated rings. The minimum absolute atomic E-state index is 0. The van der Waals surface area contributed by atoms with E-state index in [4.69, 9.17) is 4.74 Å². The molecule has 10 heteroatoms. The quantitative estimate of drug-likeness (QED) is 0.304. The van der Waals surface area contributed by atoms with Crippen LogP contribution in [0.1, 0.15) is 53.3 Å². The molecule has 27 heavy (non-hydrogen) atoms. The SMILES string of the molecule is CCC(CC)(CNC(=NC)NCc1ncnn1C)NC(=O)OC(C)(C)C.I. The summed E-state index contributed by atoms with van der Waals surface area (Å²) in [6.07, 6.45) is 2.62. The van der Waals surface area contributed by atoms with Crippen molar-refractivity contribution in [3.05, 3.63) is 12.2 Å². The maximum Gasteiger partial charge on any atom is 0.408 e. The van der Waals surface area contributed by atoms with Crippen LogP contribution in [-0.4, -0.2) is 51.5 Å². The van der Waals surface area contributed by atoms with Gasteiger partial charge in [0.15, 0.2) is 5.96 Å². The molecule has 0 unspecified atom stereocenters. The van der Waals surface area contributed by atoms with Crippen molar-refractivity contribution in [3.63, 3.8) is 0 Å². The zero-order valence-electron chi connectivity index (χ0n) is 17.4. The van der Waals surface area contributed by atoms with E-state index >= 15 is 0 Å². The zero-order chi connectivity index (χ0) is 19.8. The Bertz CT molecular complexity index is 607. The lowest BCUT2D eigenvalue weighted by Crippen LogP contribution is -2.57. The van der Waals surface area contributed by atoms with Crippen LogP contribution in [-0.2, 0) is 18.3 Å². The Hall–Kier alpha value is -1.59. The summed E-state index contributed by atoms with van der Waals surface area (Å²) < 4.78 is 7.10. The number of nitrogens with one attached hydrogen (secondary N) is 3. The number of nitrogens with zero attached hydrogens (tertiary/aromatic N) is 4. The third-order valence-electron chi connectivity index (χ3n) is 4.16. The van der Waals surface area contributed by atoms with Gasteiger partial charge in [-0.3, -0.25) is 9.67 Å². The van der Waals surface area contributed by atoms with Gasteiger partial charge in [-0.05, 0) is 33.6 Å². The monoisotopic (exact) mass is 495 g/mol. The molecule has 1 amide bonds. The van der Waals surface area contributed by atoms with Gasteiger partial charge < -0.3 is 20.7 Å². The smallest absolute Gasteiger partial charge is 0.408 e. The van der Waals surface area contributed by atoms with E-state index in [2.05, 4.69) is 31.0 Å². The first-order valence-corrected chi connectivity index (χ1v) is 8.93. The van der Waals surface area contributed by atoms with Gasteiger partial charge in [0.25, 0.3) is 0 Å². The van der Waals surface area contributed by atoms with Gasteiger partial charge in [0, 0.05) is 20.6 Å². The number of aryl methyl sites for hydroxylation is 1. The second-order valence-electron chi connectivity index (χ2n) is 7.19. The number of hydrogen-bond donors (Lipinski definition) is 3. The summed E-state index contributed by atoms with van der Waals surface area (Å²) in [6.45, 7) is 10.7. The van der Waals surface area contributed by atoms with Gasteiger partial charge in [0.05, 0.1) is 12.1 Å². The number of amides is 1. The molecule has 1 aromatic heterocycles. The van der Waals surface area contributed by atoms with Crippen molar-refractivity contribution in [2.24, 2.45) is 12.0 Å². The lowest BCUT2D eigenvalue weighted by atomic mass is 9.93.